The first-order valence-electron chi connectivity index (χ1n) is 13.0. The molecule has 5 unspecified atom stereocenters. The second-order valence-corrected chi connectivity index (χ2v) is 12.5. The molecule has 3 saturated carbocycles. The monoisotopic (exact) mass is 414 g/mol. The molecule has 30 heavy (non-hydrogen) atoms. The van der Waals surface area contributed by atoms with E-state index in [4.69, 9.17) is 0 Å². The summed E-state index contributed by atoms with van der Waals surface area (Å²) >= 11 is 0. The molecule has 4 aliphatic carbocycles. The van der Waals surface area contributed by atoms with E-state index in [0.29, 0.717) is 35.9 Å². The van der Waals surface area contributed by atoms with Gasteiger partial charge in [0.25, 0.3) is 0 Å². The van der Waals surface area contributed by atoms with Crippen molar-refractivity contribution in [1.29, 1.82) is 0 Å². The smallest absolute Gasteiger partial charge is 0.155 e. The molecule has 170 valence electrons. The van der Waals surface area contributed by atoms with Crippen LogP contribution in [-0.2, 0) is 4.79 Å². The molecule has 0 aromatic rings. The van der Waals surface area contributed by atoms with Gasteiger partial charge in [-0.3, -0.25) is 4.79 Å². The predicted molar refractivity (Wildman–Crippen MR) is 124 cm³/mol. The van der Waals surface area contributed by atoms with Crippen molar-refractivity contribution < 1.29 is 9.90 Å². The lowest BCUT2D eigenvalue weighted by Crippen LogP contribution is -2.56. The molecule has 2 heteroatoms. The summed E-state index contributed by atoms with van der Waals surface area (Å²) < 4.78 is 0. The van der Waals surface area contributed by atoms with Crippen LogP contribution in [0.25, 0.3) is 0 Å². The van der Waals surface area contributed by atoms with Gasteiger partial charge in [0, 0.05) is 6.42 Å². The number of ketones is 1. The Kier molecular flexibility index (Phi) is 6.06. The fourth-order valence-corrected chi connectivity index (χ4v) is 8.55. The Morgan fingerprint density at radius 3 is 2.47 bits per heavy atom. The molecule has 4 aliphatic rings. The molecular weight excluding hydrogens is 368 g/mol. The summed E-state index contributed by atoms with van der Waals surface area (Å²) in [6.07, 6.45) is 12.0. The molecular formula is C28H46O2. The largest absolute Gasteiger partial charge is 0.393 e. The molecule has 0 aromatic heterocycles. The minimum absolute atomic E-state index is 0.0870. The highest BCUT2D eigenvalue weighted by Gasteiger charge is 2.62. The molecule has 1 N–H and O–H groups in total. The van der Waals surface area contributed by atoms with E-state index in [1.807, 2.05) is 6.08 Å². The van der Waals surface area contributed by atoms with Crippen LogP contribution in [-0.4, -0.2) is 17.0 Å². The van der Waals surface area contributed by atoms with Crippen molar-refractivity contribution in [3.63, 3.8) is 0 Å². The number of allylic oxidation sites excluding steroid dienone is 1. The summed E-state index contributed by atoms with van der Waals surface area (Å²) in [4.78, 5) is 12.1. The highest BCUT2D eigenvalue weighted by Crippen LogP contribution is 2.67. The predicted octanol–water partition coefficient (Wildman–Crippen LogP) is 6.81. The van der Waals surface area contributed by atoms with Crippen LogP contribution < -0.4 is 0 Å². The first-order chi connectivity index (χ1) is 14.1. The van der Waals surface area contributed by atoms with Crippen LogP contribution in [0.4, 0.5) is 0 Å². The van der Waals surface area contributed by atoms with E-state index in [-0.39, 0.29) is 16.9 Å². The molecule has 4 rings (SSSR count). The summed E-state index contributed by atoms with van der Waals surface area (Å²) in [7, 11) is 0. The maximum atomic E-state index is 12.1. The zero-order chi connectivity index (χ0) is 21.8. The third kappa shape index (κ3) is 3.44. The Balaban J connectivity index is 1.54. The van der Waals surface area contributed by atoms with Gasteiger partial charge in [0.1, 0.15) is 0 Å². The van der Waals surface area contributed by atoms with Gasteiger partial charge in [-0.15, -0.1) is 0 Å². The van der Waals surface area contributed by atoms with Gasteiger partial charge in [0.05, 0.1) is 6.10 Å². The van der Waals surface area contributed by atoms with Gasteiger partial charge >= 0.3 is 0 Å². The Morgan fingerprint density at radius 1 is 1.03 bits per heavy atom. The van der Waals surface area contributed by atoms with Crippen LogP contribution in [0, 0.1) is 52.3 Å². The summed E-state index contributed by atoms with van der Waals surface area (Å²) in [6.45, 7) is 14.4. The molecule has 0 saturated heterocycles. The quantitative estimate of drug-likeness (QED) is 0.536. The minimum Gasteiger partial charge on any atom is -0.393 e. The summed E-state index contributed by atoms with van der Waals surface area (Å²) in [5.74, 6) is 5.21. The molecule has 0 aromatic carbocycles. The molecule has 0 radical (unpaired) electrons. The van der Waals surface area contributed by atoms with E-state index < -0.39 is 0 Å². The Hall–Kier alpha value is -0.630. The number of hydrogen-bond acceptors (Lipinski definition) is 2. The average molecular weight is 415 g/mol. The number of carbonyl (C=O) groups is 1. The first kappa shape index (κ1) is 22.6. The third-order valence-electron chi connectivity index (χ3n) is 11.0. The molecule has 9 atom stereocenters. The van der Waals surface area contributed by atoms with E-state index in [2.05, 4.69) is 41.5 Å². The number of fused-ring (bicyclic) bond motifs is 5. The Labute approximate surface area is 185 Å². The van der Waals surface area contributed by atoms with Crippen molar-refractivity contribution in [2.45, 2.75) is 105 Å². The fraction of sp³-hybridized carbons (Fsp3) is 0.893. The normalized spacial score (nSPS) is 45.4. The maximum Gasteiger partial charge on any atom is 0.155 e. The van der Waals surface area contributed by atoms with Crippen LogP contribution >= 0.6 is 0 Å². The second kappa shape index (κ2) is 8.05. The van der Waals surface area contributed by atoms with Crippen LogP contribution in [0.1, 0.15) is 99.3 Å². The van der Waals surface area contributed by atoms with Crippen molar-refractivity contribution in [3.05, 3.63) is 11.6 Å². The fourth-order valence-electron chi connectivity index (χ4n) is 8.55. The molecule has 2 nitrogen and oxygen atoms in total. The van der Waals surface area contributed by atoms with Gasteiger partial charge in [0.15, 0.2) is 5.78 Å². The van der Waals surface area contributed by atoms with Crippen molar-refractivity contribution in [3.8, 4) is 0 Å². The van der Waals surface area contributed by atoms with Crippen molar-refractivity contribution in [2.75, 3.05) is 0 Å². The van der Waals surface area contributed by atoms with Gasteiger partial charge in [-0.1, -0.05) is 60.0 Å². The molecule has 0 bridgehead atoms. The molecule has 0 amide bonds. The molecule has 0 aliphatic heterocycles. The van der Waals surface area contributed by atoms with E-state index in [9.17, 15) is 9.90 Å². The summed E-state index contributed by atoms with van der Waals surface area (Å²) in [6, 6.07) is 0. The molecule has 0 heterocycles. The van der Waals surface area contributed by atoms with E-state index in [0.717, 1.165) is 37.0 Å². The maximum absolute atomic E-state index is 12.1. The second-order valence-electron chi connectivity index (χ2n) is 12.5. The summed E-state index contributed by atoms with van der Waals surface area (Å²) in [5.41, 5.74) is 1.64. The van der Waals surface area contributed by atoms with E-state index in [1.165, 1.54) is 37.7 Å². The lowest BCUT2D eigenvalue weighted by molar-refractivity contribution is -0.141. The van der Waals surface area contributed by atoms with Crippen LogP contribution in [0.3, 0.4) is 0 Å². The number of hydrogen-bond donors (Lipinski definition) is 1. The van der Waals surface area contributed by atoms with Gasteiger partial charge in [-0.25, -0.2) is 0 Å². The number of rotatable bonds is 5. The zero-order valence-electron chi connectivity index (χ0n) is 20.4. The lowest BCUT2D eigenvalue weighted by Gasteiger charge is -2.60. The van der Waals surface area contributed by atoms with E-state index >= 15 is 0 Å². The topological polar surface area (TPSA) is 37.3 Å². The van der Waals surface area contributed by atoms with Crippen LogP contribution in [0.15, 0.2) is 11.6 Å². The Bertz CT molecular complexity index is 693. The van der Waals surface area contributed by atoms with E-state index in [1.54, 1.807) is 0 Å². The third-order valence-corrected chi connectivity index (χ3v) is 11.0. The highest BCUT2D eigenvalue weighted by atomic mass is 16.3. The van der Waals surface area contributed by atoms with Crippen molar-refractivity contribution in [1.82, 2.24) is 0 Å². The van der Waals surface area contributed by atoms with Gasteiger partial charge in [-0.05, 0) is 96.9 Å². The van der Waals surface area contributed by atoms with Crippen molar-refractivity contribution >= 4 is 5.78 Å². The lowest BCUT2D eigenvalue weighted by atomic mass is 9.45. The van der Waals surface area contributed by atoms with Crippen LogP contribution in [0.2, 0.25) is 0 Å². The van der Waals surface area contributed by atoms with Crippen LogP contribution in [0.5, 0.6) is 0 Å². The van der Waals surface area contributed by atoms with Gasteiger partial charge in [0.2, 0.25) is 0 Å². The molecule has 0 spiro atoms. The number of aliphatic hydroxyl groups is 1. The standard InChI is InChI=1S/C28H46O2/c1-17(2)18(3)7-8-19(4)23-11-12-24-22-10-9-20-15-21(29)13-14-27(20,5)25(22)16-26(30)28(23,24)6/h15,17-19,22-26,30H,7-14,16H2,1-6H3/t18-,19+,22?,23+,24?,25?,26-,27?,28?/m0/s1. The van der Waals surface area contributed by atoms with Gasteiger partial charge < -0.3 is 5.11 Å². The average Bonchev–Trinajstić information content (AvgIpc) is 3.06. The van der Waals surface area contributed by atoms with Gasteiger partial charge in [-0.2, -0.15) is 0 Å². The molecule has 3 fully saturated rings. The Morgan fingerprint density at radius 2 is 1.77 bits per heavy atom. The number of carbonyl (C=O) groups excluding carboxylic acids is 1. The summed E-state index contributed by atoms with van der Waals surface area (Å²) in [5, 5.41) is 11.6. The highest BCUT2D eigenvalue weighted by molar-refractivity contribution is 5.91. The first-order valence-corrected chi connectivity index (χ1v) is 13.0. The number of aliphatic hydroxyl groups excluding tert-OH is 1. The SMILES string of the molecule is CC(C)[C@@H](C)CC[C@@H](C)[C@H]1CCC2C3CCC4=CC(=O)CCC4(C)C3C[C@H](O)C21C. The van der Waals surface area contributed by atoms with Crippen molar-refractivity contribution in [2.24, 2.45) is 52.3 Å². The minimum atomic E-state index is -0.185. The zero-order valence-corrected chi connectivity index (χ0v) is 20.4.